The maximum Gasteiger partial charge on any atom is 0.416 e. The van der Waals surface area contributed by atoms with Gasteiger partial charge in [-0.3, -0.25) is 14.4 Å². The third kappa shape index (κ3) is 9.47. The smallest absolute Gasteiger partial charge is 0.416 e. The molecule has 59 heavy (non-hydrogen) atoms. The minimum Gasteiger partial charge on any atom is -0.493 e. The lowest BCUT2D eigenvalue weighted by molar-refractivity contribution is -0.198. The molecule has 3 aliphatic heterocycles. The van der Waals surface area contributed by atoms with Crippen LogP contribution in [0.25, 0.3) is 11.1 Å². The second-order valence-corrected chi connectivity index (χ2v) is 15.0. The van der Waals surface area contributed by atoms with Crippen molar-refractivity contribution in [2.45, 2.75) is 76.9 Å². The van der Waals surface area contributed by atoms with Gasteiger partial charge >= 0.3 is 6.09 Å². The molecule has 3 aliphatic rings. The van der Waals surface area contributed by atoms with Crippen molar-refractivity contribution in [1.82, 2.24) is 14.5 Å². The van der Waals surface area contributed by atoms with Crippen molar-refractivity contribution in [3.8, 4) is 22.6 Å². The first kappa shape index (κ1) is 41.1. The number of nitrogens with zero attached hydrogens (tertiary/aromatic N) is 3. The Morgan fingerprint density at radius 1 is 0.983 bits per heavy atom. The fourth-order valence-corrected chi connectivity index (χ4v) is 7.80. The van der Waals surface area contributed by atoms with Gasteiger partial charge in [-0.25, -0.2) is 9.69 Å². The Morgan fingerprint density at radius 3 is 2.53 bits per heavy atom. The van der Waals surface area contributed by atoms with E-state index >= 15 is 0 Å². The molecule has 4 aromatic rings. The molecule has 3 atom stereocenters. The minimum absolute atomic E-state index is 0.0393. The van der Waals surface area contributed by atoms with Crippen molar-refractivity contribution < 1.29 is 42.9 Å². The summed E-state index contributed by atoms with van der Waals surface area (Å²) in [6.45, 7) is 6.82. The molecule has 312 valence electrons. The maximum absolute atomic E-state index is 14.2. The Morgan fingerprint density at radius 2 is 1.80 bits per heavy atom. The predicted molar refractivity (Wildman–Crippen MR) is 222 cm³/mol. The number of fused-ring (bicyclic) bond motifs is 2. The molecule has 3 N–H and O–H groups in total. The molecule has 4 amide bonds. The van der Waals surface area contributed by atoms with Gasteiger partial charge in [-0.15, -0.1) is 0 Å². The van der Waals surface area contributed by atoms with E-state index in [9.17, 15) is 19.2 Å². The van der Waals surface area contributed by atoms with Crippen molar-refractivity contribution in [2.75, 3.05) is 49.0 Å². The Labute approximate surface area is 343 Å². The first-order valence-corrected chi connectivity index (χ1v) is 20.2. The third-order valence-corrected chi connectivity index (χ3v) is 10.7. The molecule has 0 aliphatic carbocycles. The van der Waals surface area contributed by atoms with E-state index in [1.165, 1.54) is 18.1 Å². The van der Waals surface area contributed by atoms with Crippen LogP contribution in [-0.2, 0) is 26.1 Å². The molecule has 2 aromatic carbocycles. The van der Waals surface area contributed by atoms with E-state index in [0.717, 1.165) is 42.5 Å². The SMILES string of the molecule is C=CCOC(=O)N1c2cc(OCCCC(=O)Nc3cc(C(=O)Nc4ccc(-c5c[nH]c(C)c5)cc4)n(C)c3)c(OC)cc2C(=O)N2CCCC[C@H]2C1OC1CCCCO1. The summed E-state index contributed by atoms with van der Waals surface area (Å²) in [5.74, 6) is -0.250. The molecule has 15 heteroatoms. The molecule has 2 fully saturated rings. The number of aryl methyl sites for hydroxylation is 2. The standard InChI is InChI=1S/C44H52N6O9/c1-5-19-58-44(54)50-35-25-38(37(55-4)24-33(35)42(53)49-18-8-6-11-34(49)43(50)59-40-13-7-9-20-57-40)56-21-10-12-39(51)46-32-23-36(48(3)27-32)41(52)47-31-16-14-29(15-17-31)30-22-28(2)45-26-30/h5,14-17,22-27,34,40,43,45H,1,6-13,18-21H2,2-4H3,(H,46,51)(H,47,52)/t34-,40?,43?/m0/s1. The Balaban J connectivity index is 1.01. The van der Waals surface area contributed by atoms with Gasteiger partial charge in [0.1, 0.15) is 12.3 Å². The van der Waals surface area contributed by atoms with Gasteiger partial charge in [0.25, 0.3) is 11.8 Å². The van der Waals surface area contributed by atoms with E-state index in [1.54, 1.807) is 40.9 Å². The summed E-state index contributed by atoms with van der Waals surface area (Å²) in [7, 11) is 3.21. The Bertz CT molecular complexity index is 2160. The van der Waals surface area contributed by atoms with Gasteiger partial charge < -0.3 is 48.8 Å². The molecule has 7 rings (SSSR count). The predicted octanol–water partition coefficient (Wildman–Crippen LogP) is 7.39. The normalized spacial score (nSPS) is 18.9. The Kier molecular flexibility index (Phi) is 13.0. The first-order valence-electron chi connectivity index (χ1n) is 20.2. The molecule has 0 saturated carbocycles. The largest absolute Gasteiger partial charge is 0.493 e. The average molecular weight is 809 g/mol. The van der Waals surface area contributed by atoms with E-state index in [4.69, 9.17) is 23.7 Å². The summed E-state index contributed by atoms with van der Waals surface area (Å²) < 4.78 is 31.6. The van der Waals surface area contributed by atoms with Crippen LogP contribution < -0.4 is 25.0 Å². The average Bonchev–Trinajstić information content (AvgIpc) is 3.83. The molecule has 15 nitrogen and oxygen atoms in total. The van der Waals surface area contributed by atoms with Crippen LogP contribution in [0.3, 0.4) is 0 Å². The van der Waals surface area contributed by atoms with Gasteiger partial charge in [-0.2, -0.15) is 0 Å². The number of nitrogens with one attached hydrogen (secondary N) is 3. The van der Waals surface area contributed by atoms with E-state index in [1.807, 2.05) is 37.4 Å². The molecule has 0 bridgehead atoms. The van der Waals surface area contributed by atoms with Crippen LogP contribution >= 0.6 is 0 Å². The zero-order valence-corrected chi connectivity index (χ0v) is 33.8. The fourth-order valence-electron chi connectivity index (χ4n) is 7.80. The monoisotopic (exact) mass is 808 g/mol. The number of aromatic amines is 1. The van der Waals surface area contributed by atoms with E-state index in [0.29, 0.717) is 55.2 Å². The van der Waals surface area contributed by atoms with Gasteiger partial charge in [0.05, 0.1) is 36.7 Å². The molecule has 0 spiro atoms. The van der Waals surface area contributed by atoms with E-state index in [-0.39, 0.29) is 54.4 Å². The van der Waals surface area contributed by atoms with Crippen LogP contribution in [0.15, 0.2) is 73.6 Å². The Hall–Kier alpha value is -6.06. The number of anilines is 3. The topological polar surface area (TPSA) is 166 Å². The zero-order valence-electron chi connectivity index (χ0n) is 33.8. The third-order valence-electron chi connectivity index (χ3n) is 10.7. The number of carbonyl (C=O) groups excluding carboxylic acids is 4. The number of hydrogen-bond donors (Lipinski definition) is 3. The highest BCUT2D eigenvalue weighted by atomic mass is 16.7. The summed E-state index contributed by atoms with van der Waals surface area (Å²) in [6, 6.07) is 14.0. The fraction of sp³-hybridized carbons (Fsp3) is 0.409. The van der Waals surface area contributed by atoms with Crippen molar-refractivity contribution in [1.29, 1.82) is 0 Å². The van der Waals surface area contributed by atoms with Crippen LogP contribution in [0.1, 0.15) is 77.9 Å². The number of rotatable bonds is 14. The number of methoxy groups -OCH3 is 1. The number of piperidine rings is 1. The summed E-state index contributed by atoms with van der Waals surface area (Å²) in [6.07, 6.45) is 8.23. The highest BCUT2D eigenvalue weighted by Crippen LogP contribution is 2.42. The highest BCUT2D eigenvalue weighted by Gasteiger charge is 2.47. The molecule has 2 saturated heterocycles. The highest BCUT2D eigenvalue weighted by molar-refractivity contribution is 6.06. The lowest BCUT2D eigenvalue weighted by Crippen LogP contribution is -2.57. The van der Waals surface area contributed by atoms with Gasteiger partial charge in [0.2, 0.25) is 5.91 Å². The minimum atomic E-state index is -0.887. The quantitative estimate of drug-likeness (QED) is 0.0870. The molecule has 0 radical (unpaired) electrons. The number of carbonyl (C=O) groups is 4. The second kappa shape index (κ2) is 18.7. The number of amides is 4. The molecule has 2 unspecified atom stereocenters. The van der Waals surface area contributed by atoms with Crippen molar-refractivity contribution in [2.24, 2.45) is 7.05 Å². The second-order valence-electron chi connectivity index (χ2n) is 15.0. The van der Waals surface area contributed by atoms with Gasteiger partial charge in [-0.05, 0) is 93.3 Å². The van der Waals surface area contributed by atoms with Gasteiger partial charge in [0.15, 0.2) is 24.0 Å². The van der Waals surface area contributed by atoms with Crippen LogP contribution in [-0.4, -0.2) is 90.3 Å². The van der Waals surface area contributed by atoms with E-state index in [2.05, 4.69) is 28.3 Å². The summed E-state index contributed by atoms with van der Waals surface area (Å²) >= 11 is 0. The van der Waals surface area contributed by atoms with Crippen molar-refractivity contribution >= 4 is 40.9 Å². The van der Waals surface area contributed by atoms with Crippen LogP contribution in [0.2, 0.25) is 0 Å². The molecular weight excluding hydrogens is 757 g/mol. The first-order chi connectivity index (χ1) is 28.6. The molecule has 2 aromatic heterocycles. The summed E-state index contributed by atoms with van der Waals surface area (Å²) in [4.78, 5) is 60.7. The van der Waals surface area contributed by atoms with Gasteiger partial charge in [-0.1, -0.05) is 24.8 Å². The van der Waals surface area contributed by atoms with Crippen molar-refractivity contribution in [3.05, 3.63) is 90.5 Å². The summed E-state index contributed by atoms with van der Waals surface area (Å²) in [5, 5.41) is 5.79. The summed E-state index contributed by atoms with van der Waals surface area (Å²) in [5.41, 5.74) is 5.18. The zero-order chi connectivity index (χ0) is 41.5. The number of hydrogen-bond acceptors (Lipinski definition) is 9. The van der Waals surface area contributed by atoms with Crippen molar-refractivity contribution in [3.63, 3.8) is 0 Å². The number of benzene rings is 2. The lowest BCUT2D eigenvalue weighted by atomic mass is 10.00. The van der Waals surface area contributed by atoms with Crippen LogP contribution in [0.4, 0.5) is 21.9 Å². The van der Waals surface area contributed by atoms with E-state index < -0.39 is 24.7 Å². The molecular formula is C44H52N6O9. The number of H-pyrrole nitrogens is 1. The number of aromatic nitrogens is 2. The lowest BCUT2D eigenvalue weighted by Gasteiger charge is -2.42. The van der Waals surface area contributed by atoms with Crippen LogP contribution in [0, 0.1) is 6.92 Å². The molecule has 5 heterocycles. The van der Waals surface area contributed by atoms with Gasteiger partial charge in [0, 0.05) is 56.5 Å². The number of ether oxygens (including phenoxy) is 5. The van der Waals surface area contributed by atoms with Crippen LogP contribution in [0.5, 0.6) is 11.5 Å². The maximum atomic E-state index is 14.2.